The lowest BCUT2D eigenvalue weighted by atomic mass is 10.0. The number of nitrogens with zero attached hydrogens (tertiary/aromatic N) is 5. The molecule has 1 N–H and O–H groups in total. The fourth-order valence-electron chi connectivity index (χ4n) is 4.44. The standard InChI is InChI=1S/C27H20ClF2N5O4S/c28-27-34-33-25(40-27)13-39-24-3-1-2-20(32-24)17-11-18(29)15(8-19(17)30)10-23-31-21-5-4-14(26(36)37)9-22(21)35(23)12-16-6-7-38-16/h1-5,8-9,11,16H,6-7,10,12-13H2,(H,36,37)/t16-/m0/s1. The van der Waals surface area contributed by atoms with Crippen molar-refractivity contribution in [2.24, 2.45) is 0 Å². The summed E-state index contributed by atoms with van der Waals surface area (Å²) in [7, 11) is 0. The van der Waals surface area contributed by atoms with Gasteiger partial charge in [0.25, 0.3) is 0 Å². The third-order valence-corrected chi connectivity index (χ3v) is 7.52. The molecule has 1 atom stereocenters. The van der Waals surface area contributed by atoms with Gasteiger partial charge in [-0.1, -0.05) is 17.4 Å². The molecule has 204 valence electrons. The Morgan fingerprint density at radius 3 is 2.73 bits per heavy atom. The molecule has 2 aromatic carbocycles. The Morgan fingerprint density at radius 1 is 1.15 bits per heavy atom. The average molecular weight is 584 g/mol. The lowest BCUT2D eigenvalue weighted by Crippen LogP contribution is -2.31. The number of carboxylic acids is 1. The van der Waals surface area contributed by atoms with Gasteiger partial charge in [0.2, 0.25) is 10.3 Å². The van der Waals surface area contributed by atoms with Crippen molar-refractivity contribution in [3.8, 4) is 17.1 Å². The Labute approximate surface area is 235 Å². The van der Waals surface area contributed by atoms with Crippen molar-refractivity contribution in [2.45, 2.75) is 32.1 Å². The van der Waals surface area contributed by atoms with Gasteiger partial charge >= 0.3 is 5.97 Å². The molecule has 40 heavy (non-hydrogen) atoms. The van der Waals surface area contributed by atoms with E-state index in [1.54, 1.807) is 24.3 Å². The molecule has 0 saturated carbocycles. The molecule has 6 rings (SSSR count). The Balaban J connectivity index is 1.28. The van der Waals surface area contributed by atoms with E-state index >= 15 is 8.78 Å². The third-order valence-electron chi connectivity index (χ3n) is 6.52. The van der Waals surface area contributed by atoms with Gasteiger partial charge in [-0.15, -0.1) is 10.2 Å². The van der Waals surface area contributed by atoms with Crippen LogP contribution in [0.4, 0.5) is 8.78 Å². The maximum Gasteiger partial charge on any atom is 0.335 e. The van der Waals surface area contributed by atoms with Crippen molar-refractivity contribution in [2.75, 3.05) is 6.61 Å². The first-order chi connectivity index (χ1) is 19.3. The van der Waals surface area contributed by atoms with Gasteiger partial charge in [-0.3, -0.25) is 0 Å². The summed E-state index contributed by atoms with van der Waals surface area (Å²) in [4.78, 5) is 20.4. The molecule has 3 aromatic heterocycles. The number of aromatic nitrogens is 5. The number of pyridine rings is 1. The van der Waals surface area contributed by atoms with Crippen LogP contribution in [0.3, 0.4) is 0 Å². The van der Waals surface area contributed by atoms with E-state index < -0.39 is 17.6 Å². The fraction of sp³-hybridized carbons (Fsp3) is 0.222. The quantitative estimate of drug-likeness (QED) is 0.241. The van der Waals surface area contributed by atoms with Gasteiger partial charge in [0.1, 0.15) is 24.1 Å². The Morgan fingerprint density at radius 2 is 2.00 bits per heavy atom. The maximum atomic E-state index is 15.4. The summed E-state index contributed by atoms with van der Waals surface area (Å²) < 4.78 is 44.0. The summed E-state index contributed by atoms with van der Waals surface area (Å²) in [5.41, 5.74) is 1.56. The van der Waals surface area contributed by atoms with Crippen LogP contribution < -0.4 is 4.74 Å². The number of imidazole rings is 1. The first-order valence-corrected chi connectivity index (χ1v) is 13.4. The Bertz CT molecular complexity index is 1740. The highest BCUT2D eigenvalue weighted by atomic mass is 35.5. The van der Waals surface area contributed by atoms with Gasteiger partial charge in [0, 0.05) is 24.7 Å². The van der Waals surface area contributed by atoms with E-state index in [2.05, 4.69) is 20.2 Å². The van der Waals surface area contributed by atoms with Crippen molar-refractivity contribution in [1.82, 2.24) is 24.7 Å². The van der Waals surface area contributed by atoms with E-state index in [1.165, 1.54) is 23.5 Å². The fourth-order valence-corrected chi connectivity index (χ4v) is 5.22. The predicted octanol–water partition coefficient (Wildman–Crippen LogP) is 5.54. The highest BCUT2D eigenvalue weighted by Gasteiger charge is 2.23. The minimum Gasteiger partial charge on any atom is -0.478 e. The number of carboxylic acid groups (broad SMARTS) is 1. The zero-order valence-corrected chi connectivity index (χ0v) is 22.3. The van der Waals surface area contributed by atoms with Crippen LogP contribution in [0.25, 0.3) is 22.3 Å². The number of hydrogen-bond donors (Lipinski definition) is 1. The van der Waals surface area contributed by atoms with Crippen LogP contribution in [0.5, 0.6) is 5.88 Å². The molecule has 5 aromatic rings. The van der Waals surface area contributed by atoms with Crippen molar-refractivity contribution in [3.05, 3.63) is 86.6 Å². The number of fused-ring (bicyclic) bond motifs is 1. The van der Waals surface area contributed by atoms with Crippen LogP contribution in [-0.2, 0) is 24.3 Å². The van der Waals surface area contributed by atoms with Gasteiger partial charge in [-0.2, -0.15) is 0 Å². The van der Waals surface area contributed by atoms with Crippen molar-refractivity contribution in [1.29, 1.82) is 0 Å². The second-order valence-electron chi connectivity index (χ2n) is 9.13. The van der Waals surface area contributed by atoms with Crippen LogP contribution in [0.1, 0.15) is 33.2 Å². The average Bonchev–Trinajstić information content (AvgIpc) is 3.49. The highest BCUT2D eigenvalue weighted by molar-refractivity contribution is 7.15. The lowest BCUT2D eigenvalue weighted by molar-refractivity contribution is -0.0589. The first-order valence-electron chi connectivity index (χ1n) is 12.2. The summed E-state index contributed by atoms with van der Waals surface area (Å²) in [6, 6.07) is 11.6. The van der Waals surface area contributed by atoms with Gasteiger partial charge < -0.3 is 19.1 Å². The molecule has 1 aliphatic rings. The first kappa shape index (κ1) is 26.2. The monoisotopic (exact) mass is 583 g/mol. The zero-order chi connectivity index (χ0) is 27.8. The van der Waals surface area contributed by atoms with Crippen molar-refractivity contribution < 1.29 is 28.2 Å². The number of hydrogen-bond acceptors (Lipinski definition) is 8. The summed E-state index contributed by atoms with van der Waals surface area (Å²) in [5, 5.41) is 17.6. The van der Waals surface area contributed by atoms with Crippen LogP contribution in [0.15, 0.2) is 48.5 Å². The van der Waals surface area contributed by atoms with Crippen molar-refractivity contribution in [3.63, 3.8) is 0 Å². The van der Waals surface area contributed by atoms with Gasteiger partial charge in [-0.05, 0) is 60.0 Å². The lowest BCUT2D eigenvalue weighted by Gasteiger charge is -2.27. The molecule has 4 heterocycles. The predicted molar refractivity (Wildman–Crippen MR) is 143 cm³/mol. The van der Waals surface area contributed by atoms with E-state index in [1.807, 2.05) is 4.57 Å². The van der Waals surface area contributed by atoms with E-state index in [0.29, 0.717) is 35.0 Å². The zero-order valence-electron chi connectivity index (χ0n) is 20.7. The molecule has 0 unspecified atom stereocenters. The van der Waals surface area contributed by atoms with Crippen LogP contribution in [0, 0.1) is 11.6 Å². The number of ether oxygens (including phenoxy) is 2. The maximum absolute atomic E-state index is 15.4. The SMILES string of the molecule is O=C(O)c1ccc2nc(Cc3cc(F)c(-c4cccc(OCc5nnc(Cl)s5)n4)cc3F)n(C[C@@H]3CCO3)c2c1. The Hall–Kier alpha value is -4.00. The molecule has 13 heteroatoms. The van der Waals surface area contributed by atoms with E-state index in [0.717, 1.165) is 18.6 Å². The molecule has 0 bridgehead atoms. The van der Waals surface area contributed by atoms with Crippen molar-refractivity contribution >= 4 is 39.9 Å². The normalized spacial score (nSPS) is 14.8. The molecular formula is C27H20ClF2N5O4S. The summed E-state index contributed by atoms with van der Waals surface area (Å²) in [5.74, 6) is -1.66. The minimum atomic E-state index is -1.06. The van der Waals surface area contributed by atoms with Gasteiger partial charge in [-0.25, -0.2) is 23.5 Å². The molecule has 0 spiro atoms. The van der Waals surface area contributed by atoms with Crippen LogP contribution in [0.2, 0.25) is 4.47 Å². The number of carbonyl (C=O) groups is 1. The number of rotatable bonds is 9. The molecule has 0 aliphatic carbocycles. The molecule has 0 amide bonds. The summed E-state index contributed by atoms with van der Waals surface area (Å²) in [6.07, 6.45) is 0.783. The van der Waals surface area contributed by atoms with Crippen LogP contribution >= 0.6 is 22.9 Å². The molecule has 1 aliphatic heterocycles. The topological polar surface area (TPSA) is 112 Å². The summed E-state index contributed by atoms with van der Waals surface area (Å²) >= 11 is 6.95. The molecule has 1 fully saturated rings. The number of halogens is 3. The second-order valence-corrected chi connectivity index (χ2v) is 10.8. The number of aromatic carboxylic acids is 1. The van der Waals surface area contributed by atoms with E-state index in [4.69, 9.17) is 21.1 Å². The molecule has 9 nitrogen and oxygen atoms in total. The third kappa shape index (κ3) is 5.37. The van der Waals surface area contributed by atoms with E-state index in [-0.39, 0.29) is 51.9 Å². The second kappa shape index (κ2) is 10.9. The van der Waals surface area contributed by atoms with E-state index in [9.17, 15) is 9.90 Å². The van der Waals surface area contributed by atoms with Gasteiger partial charge in [0.15, 0.2) is 5.01 Å². The molecule has 1 saturated heterocycles. The molecular weight excluding hydrogens is 564 g/mol. The highest BCUT2D eigenvalue weighted by Crippen LogP contribution is 2.29. The Kier molecular flexibility index (Phi) is 7.13. The largest absolute Gasteiger partial charge is 0.478 e. The van der Waals surface area contributed by atoms with Gasteiger partial charge in [0.05, 0.1) is 34.9 Å². The summed E-state index contributed by atoms with van der Waals surface area (Å²) in [6.45, 7) is 1.15. The molecule has 0 radical (unpaired) electrons. The number of benzene rings is 2. The van der Waals surface area contributed by atoms with Crippen LogP contribution in [-0.4, -0.2) is 48.5 Å². The smallest absolute Gasteiger partial charge is 0.335 e. The minimum absolute atomic E-state index is 0.00612.